The van der Waals surface area contributed by atoms with Gasteiger partial charge in [-0.15, -0.1) is 23.5 Å². The van der Waals surface area contributed by atoms with E-state index in [1.165, 1.54) is 12.0 Å². The number of hydrogen-bond acceptors (Lipinski definition) is 6. The lowest BCUT2D eigenvalue weighted by atomic mass is 9.75. The lowest BCUT2D eigenvalue weighted by Crippen LogP contribution is -2.44. The molecule has 1 aliphatic carbocycles. The van der Waals surface area contributed by atoms with Crippen LogP contribution in [0.2, 0.25) is 0 Å². The number of esters is 1. The summed E-state index contributed by atoms with van der Waals surface area (Å²) in [6.07, 6.45) is 2.04. The Morgan fingerprint density at radius 1 is 0.914 bits per heavy atom. The lowest BCUT2D eigenvalue weighted by Gasteiger charge is -2.35. The highest BCUT2D eigenvalue weighted by molar-refractivity contribution is 8.25. The van der Waals surface area contributed by atoms with Crippen molar-refractivity contribution in [2.75, 3.05) is 23.5 Å². The smallest absolute Gasteiger partial charge is 0.334 e. The quantitative estimate of drug-likeness (QED) is 0.315. The zero-order valence-electron chi connectivity index (χ0n) is 19.8. The van der Waals surface area contributed by atoms with Crippen molar-refractivity contribution in [3.05, 3.63) is 97.8 Å². The summed E-state index contributed by atoms with van der Waals surface area (Å²) in [5.41, 5.74) is 5.77. The van der Waals surface area contributed by atoms with Gasteiger partial charge in [0.1, 0.15) is 0 Å². The molecule has 1 fully saturated rings. The zero-order chi connectivity index (χ0) is 24.7. The first-order chi connectivity index (χ1) is 16.9. The van der Waals surface area contributed by atoms with Gasteiger partial charge in [0.05, 0.1) is 22.6 Å². The summed E-state index contributed by atoms with van der Waals surface area (Å²) >= 11 is 3.31. The van der Waals surface area contributed by atoms with Gasteiger partial charge in [-0.1, -0.05) is 47.5 Å². The van der Waals surface area contributed by atoms with E-state index in [2.05, 4.69) is 0 Å². The Labute approximate surface area is 213 Å². The van der Waals surface area contributed by atoms with Gasteiger partial charge >= 0.3 is 5.97 Å². The number of carbonyl (C=O) groups is 3. The van der Waals surface area contributed by atoms with Gasteiger partial charge in [0.15, 0.2) is 0 Å². The molecule has 7 heteroatoms. The van der Waals surface area contributed by atoms with Crippen molar-refractivity contribution >= 4 is 47.0 Å². The van der Waals surface area contributed by atoms with E-state index in [4.69, 9.17) is 4.74 Å². The molecule has 2 aromatic rings. The summed E-state index contributed by atoms with van der Waals surface area (Å²) in [5.74, 6) is 0.361. The number of anilines is 1. The number of benzene rings is 2. The summed E-state index contributed by atoms with van der Waals surface area (Å²) in [7, 11) is 1.35. The Morgan fingerprint density at radius 2 is 1.51 bits per heavy atom. The van der Waals surface area contributed by atoms with E-state index in [9.17, 15) is 14.4 Å². The van der Waals surface area contributed by atoms with Gasteiger partial charge in [0, 0.05) is 28.6 Å². The average Bonchev–Trinajstić information content (AvgIpc) is 3.39. The number of aryl methyl sites for hydroxylation is 2. The van der Waals surface area contributed by atoms with Crippen molar-refractivity contribution in [3.8, 4) is 0 Å². The maximum atomic E-state index is 13.9. The minimum Gasteiger partial charge on any atom is -0.466 e. The van der Waals surface area contributed by atoms with E-state index in [0.717, 1.165) is 38.0 Å². The van der Waals surface area contributed by atoms with E-state index in [1.807, 2.05) is 50.2 Å². The third-order valence-corrected chi connectivity index (χ3v) is 9.22. The first kappa shape index (κ1) is 23.7. The topological polar surface area (TPSA) is 63.7 Å². The van der Waals surface area contributed by atoms with Crippen LogP contribution in [0.3, 0.4) is 0 Å². The molecule has 2 aromatic carbocycles. The number of imide groups is 1. The Bertz CT molecular complexity index is 1310. The van der Waals surface area contributed by atoms with Crippen LogP contribution in [0.25, 0.3) is 0 Å². The summed E-state index contributed by atoms with van der Waals surface area (Å²) < 4.78 is 6.06. The zero-order valence-corrected chi connectivity index (χ0v) is 21.4. The molecule has 0 radical (unpaired) electrons. The Hall–Kier alpha value is -3.03. The SMILES string of the molecule is COC(=O)C1=CC2=C(CC1c1ccc(C)cc1)C(=C1SCCS1)C(=O)N(c1ccc(C)cc1)C2=O. The van der Waals surface area contributed by atoms with Crippen LogP contribution in [0.1, 0.15) is 29.0 Å². The van der Waals surface area contributed by atoms with E-state index in [-0.39, 0.29) is 11.8 Å². The van der Waals surface area contributed by atoms with Crippen molar-refractivity contribution in [1.29, 1.82) is 0 Å². The number of nitrogens with zero attached hydrogens (tertiary/aromatic N) is 1. The number of rotatable bonds is 3. The largest absolute Gasteiger partial charge is 0.466 e. The molecule has 1 atom stereocenters. The van der Waals surface area contributed by atoms with E-state index < -0.39 is 11.9 Å². The van der Waals surface area contributed by atoms with Crippen LogP contribution in [0.4, 0.5) is 5.69 Å². The van der Waals surface area contributed by atoms with Crippen molar-refractivity contribution in [1.82, 2.24) is 0 Å². The van der Waals surface area contributed by atoms with E-state index in [0.29, 0.717) is 28.8 Å². The van der Waals surface area contributed by atoms with E-state index >= 15 is 0 Å². The molecule has 5 rings (SSSR count). The molecule has 2 aliphatic heterocycles. The van der Waals surface area contributed by atoms with Crippen LogP contribution in [-0.4, -0.2) is 36.4 Å². The highest BCUT2D eigenvalue weighted by atomic mass is 32.2. The molecular weight excluding hydrogens is 478 g/mol. The molecule has 0 saturated carbocycles. The number of ether oxygens (including phenoxy) is 1. The normalized spacial score (nSPS) is 20.3. The predicted octanol–water partition coefficient (Wildman–Crippen LogP) is 5.45. The summed E-state index contributed by atoms with van der Waals surface area (Å²) in [6, 6.07) is 15.4. The Balaban J connectivity index is 1.70. The minimum atomic E-state index is -0.465. The second-order valence-electron chi connectivity index (χ2n) is 8.79. The van der Waals surface area contributed by atoms with Crippen LogP contribution < -0.4 is 4.90 Å². The predicted molar refractivity (Wildman–Crippen MR) is 141 cm³/mol. The molecule has 0 N–H and O–H groups in total. The Morgan fingerprint density at radius 3 is 2.11 bits per heavy atom. The van der Waals surface area contributed by atoms with Gasteiger partial charge in [0.25, 0.3) is 11.8 Å². The Kier molecular flexibility index (Phi) is 6.47. The second kappa shape index (κ2) is 9.55. The first-order valence-corrected chi connectivity index (χ1v) is 13.4. The maximum Gasteiger partial charge on any atom is 0.334 e. The van der Waals surface area contributed by atoms with Gasteiger partial charge < -0.3 is 4.74 Å². The first-order valence-electron chi connectivity index (χ1n) is 11.4. The van der Waals surface area contributed by atoms with Crippen LogP contribution >= 0.6 is 23.5 Å². The molecule has 0 bridgehead atoms. The molecule has 0 spiro atoms. The van der Waals surface area contributed by atoms with Crippen LogP contribution in [0.15, 0.2) is 81.1 Å². The standard InChI is InChI=1S/C28H25NO4S2/c1-16-4-8-18(9-5-16)20-14-21-22(15-23(20)27(32)33-3)25(30)29(19-10-6-17(2)7-11-19)26(31)24(21)28-34-12-13-35-28/h4-11,15,20H,12-14H2,1-3H3. The minimum absolute atomic E-state index is 0.299. The van der Waals surface area contributed by atoms with Crippen LogP contribution in [0.5, 0.6) is 0 Å². The third kappa shape index (κ3) is 4.28. The molecule has 1 saturated heterocycles. The molecule has 2 amide bonds. The average molecular weight is 504 g/mol. The van der Waals surface area contributed by atoms with Gasteiger partial charge in [-0.3, -0.25) is 9.59 Å². The molecule has 0 aromatic heterocycles. The van der Waals surface area contributed by atoms with Gasteiger partial charge in [-0.05, 0) is 49.6 Å². The second-order valence-corrected chi connectivity index (χ2v) is 11.3. The molecule has 5 nitrogen and oxygen atoms in total. The lowest BCUT2D eigenvalue weighted by molar-refractivity contribution is -0.136. The van der Waals surface area contributed by atoms with Crippen LogP contribution in [0, 0.1) is 13.8 Å². The van der Waals surface area contributed by atoms with Crippen molar-refractivity contribution in [2.45, 2.75) is 26.2 Å². The monoisotopic (exact) mass is 503 g/mol. The fraction of sp³-hybridized carbons (Fsp3) is 0.250. The number of methoxy groups -OCH3 is 1. The van der Waals surface area contributed by atoms with Gasteiger partial charge in [-0.2, -0.15) is 0 Å². The van der Waals surface area contributed by atoms with Gasteiger partial charge in [-0.25, -0.2) is 9.69 Å². The summed E-state index contributed by atoms with van der Waals surface area (Å²) in [5, 5.41) is 0. The van der Waals surface area contributed by atoms with Crippen molar-refractivity contribution in [3.63, 3.8) is 0 Å². The molecule has 2 heterocycles. The number of hydrogen-bond donors (Lipinski definition) is 0. The molecule has 178 valence electrons. The highest BCUT2D eigenvalue weighted by Gasteiger charge is 2.43. The van der Waals surface area contributed by atoms with Crippen molar-refractivity contribution in [2.24, 2.45) is 0 Å². The maximum absolute atomic E-state index is 13.9. The van der Waals surface area contributed by atoms with E-state index in [1.54, 1.807) is 41.7 Å². The molecule has 35 heavy (non-hydrogen) atoms. The highest BCUT2D eigenvalue weighted by Crippen LogP contribution is 2.49. The van der Waals surface area contributed by atoms with Gasteiger partial charge in [0.2, 0.25) is 0 Å². The number of carbonyl (C=O) groups excluding carboxylic acids is 3. The molecular formula is C28H25NO4S2. The number of thioether (sulfide) groups is 2. The summed E-state index contributed by atoms with van der Waals surface area (Å²) in [6.45, 7) is 3.97. The fourth-order valence-corrected chi connectivity index (χ4v) is 7.24. The van der Waals surface area contributed by atoms with Crippen molar-refractivity contribution < 1.29 is 19.1 Å². The fourth-order valence-electron chi connectivity index (χ4n) is 4.66. The summed E-state index contributed by atoms with van der Waals surface area (Å²) in [4.78, 5) is 41.8. The number of amides is 2. The van der Waals surface area contributed by atoms with Crippen LogP contribution in [-0.2, 0) is 19.1 Å². The molecule has 1 unspecified atom stereocenters. The molecule has 3 aliphatic rings. The third-order valence-electron chi connectivity index (χ3n) is 6.51.